The minimum atomic E-state index is -0.937. The van der Waals surface area contributed by atoms with E-state index < -0.39 is 11.6 Å². The molecule has 1 heterocycles. The summed E-state index contributed by atoms with van der Waals surface area (Å²) >= 11 is 4.73. The molecule has 92 valence electrons. The van der Waals surface area contributed by atoms with Crippen molar-refractivity contribution in [2.45, 2.75) is 0 Å². The van der Waals surface area contributed by atoms with E-state index in [0.717, 1.165) is 12.1 Å². The number of halogens is 2. The van der Waals surface area contributed by atoms with Crippen LogP contribution < -0.4 is 11.1 Å². The lowest BCUT2D eigenvalue weighted by molar-refractivity contribution is 0.509. The minimum Gasteiger partial charge on any atom is -0.388 e. The number of nitrogens with one attached hydrogen (secondary N) is 1. The minimum absolute atomic E-state index is 0.141. The molecule has 0 amide bonds. The van der Waals surface area contributed by atoms with Gasteiger partial charge in [-0.25, -0.2) is 18.7 Å². The van der Waals surface area contributed by atoms with Gasteiger partial charge in [-0.2, -0.15) is 0 Å². The van der Waals surface area contributed by atoms with Crippen LogP contribution in [-0.2, 0) is 0 Å². The van der Waals surface area contributed by atoms with Gasteiger partial charge in [-0.3, -0.25) is 0 Å². The Hall–Kier alpha value is -2.15. The zero-order valence-corrected chi connectivity index (χ0v) is 9.84. The Kier molecular flexibility index (Phi) is 3.42. The molecule has 3 N–H and O–H groups in total. The van der Waals surface area contributed by atoms with Crippen molar-refractivity contribution in [3.63, 3.8) is 0 Å². The first-order chi connectivity index (χ1) is 8.56. The molecule has 0 spiro atoms. The van der Waals surface area contributed by atoms with E-state index >= 15 is 0 Å². The highest BCUT2D eigenvalue weighted by Crippen LogP contribution is 2.16. The van der Waals surface area contributed by atoms with Gasteiger partial charge in [-0.15, -0.1) is 0 Å². The van der Waals surface area contributed by atoms with Crippen molar-refractivity contribution in [2.75, 3.05) is 5.32 Å². The summed E-state index contributed by atoms with van der Waals surface area (Å²) in [6.07, 6.45) is 2.79. The first-order valence-corrected chi connectivity index (χ1v) is 5.31. The Labute approximate surface area is 107 Å². The van der Waals surface area contributed by atoms with Crippen LogP contribution >= 0.6 is 12.2 Å². The molecule has 7 heteroatoms. The molecule has 0 fully saturated rings. The van der Waals surface area contributed by atoms with Gasteiger partial charge in [0.05, 0.1) is 12.4 Å². The Bertz CT molecular complexity index is 586. The maximum absolute atomic E-state index is 13.0. The maximum atomic E-state index is 13.0. The molecule has 1 aromatic carbocycles. The van der Waals surface area contributed by atoms with E-state index in [1.54, 1.807) is 0 Å². The van der Waals surface area contributed by atoms with E-state index in [2.05, 4.69) is 15.3 Å². The number of benzene rings is 1. The van der Waals surface area contributed by atoms with Crippen LogP contribution in [0.4, 0.5) is 20.3 Å². The third-order valence-electron chi connectivity index (χ3n) is 2.10. The Balaban J connectivity index is 2.18. The second-order valence-electron chi connectivity index (χ2n) is 3.41. The van der Waals surface area contributed by atoms with Gasteiger partial charge in [0.25, 0.3) is 0 Å². The summed E-state index contributed by atoms with van der Waals surface area (Å²) in [7, 11) is 0. The summed E-state index contributed by atoms with van der Waals surface area (Å²) in [6.45, 7) is 0. The summed E-state index contributed by atoms with van der Waals surface area (Å²) in [5, 5.41) is 2.77. The van der Waals surface area contributed by atoms with Crippen molar-refractivity contribution in [1.29, 1.82) is 0 Å². The summed E-state index contributed by atoms with van der Waals surface area (Å²) < 4.78 is 25.7. The van der Waals surface area contributed by atoms with Crippen molar-refractivity contribution in [3.05, 3.63) is 47.9 Å². The fourth-order valence-electron chi connectivity index (χ4n) is 1.24. The highest BCUT2D eigenvalue weighted by molar-refractivity contribution is 7.80. The molecule has 0 aliphatic carbocycles. The largest absolute Gasteiger partial charge is 0.388 e. The second kappa shape index (κ2) is 5.01. The van der Waals surface area contributed by atoms with E-state index in [1.165, 1.54) is 18.5 Å². The van der Waals surface area contributed by atoms with E-state index in [9.17, 15) is 8.78 Å². The van der Waals surface area contributed by atoms with E-state index in [4.69, 9.17) is 18.0 Å². The number of anilines is 2. The fraction of sp³-hybridized carbons (Fsp3) is 0. The fourth-order valence-corrected chi connectivity index (χ4v) is 1.35. The summed E-state index contributed by atoms with van der Waals surface area (Å²) in [5.74, 6) is -1.47. The average Bonchev–Trinajstić information content (AvgIpc) is 2.34. The van der Waals surface area contributed by atoms with Crippen LogP contribution in [0.1, 0.15) is 5.69 Å². The highest BCUT2D eigenvalue weighted by atomic mass is 32.1. The van der Waals surface area contributed by atoms with Gasteiger partial charge >= 0.3 is 0 Å². The first-order valence-electron chi connectivity index (χ1n) is 4.90. The third kappa shape index (κ3) is 2.75. The standard InChI is InChI=1S/C11H8F2N4S/c12-7-2-1-6(3-8(7)13)17-10-5-15-9(4-16-10)11(14)18/h1-5H,(H2,14,18)(H,16,17). The van der Waals surface area contributed by atoms with Crippen LogP contribution in [0.3, 0.4) is 0 Å². The van der Waals surface area contributed by atoms with Gasteiger partial charge in [0.2, 0.25) is 0 Å². The summed E-state index contributed by atoms with van der Waals surface area (Å²) in [5.41, 5.74) is 6.13. The topological polar surface area (TPSA) is 63.8 Å². The van der Waals surface area contributed by atoms with Crippen LogP contribution in [0, 0.1) is 11.6 Å². The average molecular weight is 266 g/mol. The molecule has 0 radical (unpaired) electrons. The maximum Gasteiger partial charge on any atom is 0.160 e. The van der Waals surface area contributed by atoms with Crippen LogP contribution in [-0.4, -0.2) is 15.0 Å². The predicted molar refractivity (Wildman–Crippen MR) is 67.6 cm³/mol. The SMILES string of the molecule is NC(=S)c1cnc(Nc2ccc(F)c(F)c2)cn1. The molecule has 1 aromatic heterocycles. The third-order valence-corrected chi connectivity index (χ3v) is 2.31. The van der Waals surface area contributed by atoms with Gasteiger partial charge in [-0.05, 0) is 12.1 Å². The molecule has 0 atom stereocenters. The summed E-state index contributed by atoms with van der Waals surface area (Å²) in [6, 6.07) is 3.44. The van der Waals surface area contributed by atoms with Crippen LogP contribution in [0.15, 0.2) is 30.6 Å². The summed E-state index contributed by atoms with van der Waals surface area (Å²) in [4.78, 5) is 8.09. The lowest BCUT2D eigenvalue weighted by Crippen LogP contribution is -2.12. The molecule has 0 saturated heterocycles. The van der Waals surface area contributed by atoms with Crippen LogP contribution in [0.25, 0.3) is 0 Å². The number of hydrogen-bond acceptors (Lipinski definition) is 4. The number of aromatic nitrogens is 2. The number of nitrogens with two attached hydrogens (primary N) is 1. The number of nitrogens with zero attached hydrogens (tertiary/aromatic N) is 2. The van der Waals surface area contributed by atoms with E-state index in [-0.39, 0.29) is 4.99 Å². The highest BCUT2D eigenvalue weighted by Gasteiger charge is 2.04. The predicted octanol–water partition coefficient (Wildman–Crippen LogP) is 2.13. The number of hydrogen-bond donors (Lipinski definition) is 2. The Morgan fingerprint density at radius 2 is 1.94 bits per heavy atom. The van der Waals surface area contributed by atoms with Crippen molar-refractivity contribution in [3.8, 4) is 0 Å². The zero-order valence-electron chi connectivity index (χ0n) is 9.02. The van der Waals surface area contributed by atoms with Crippen LogP contribution in [0.2, 0.25) is 0 Å². The van der Waals surface area contributed by atoms with Crippen LogP contribution in [0.5, 0.6) is 0 Å². The van der Waals surface area contributed by atoms with Crippen molar-refractivity contribution in [2.24, 2.45) is 5.73 Å². The Morgan fingerprint density at radius 1 is 1.17 bits per heavy atom. The van der Waals surface area contributed by atoms with Gasteiger partial charge in [-0.1, -0.05) is 12.2 Å². The molecular weight excluding hydrogens is 258 g/mol. The van der Waals surface area contributed by atoms with Gasteiger partial charge < -0.3 is 11.1 Å². The van der Waals surface area contributed by atoms with Gasteiger partial charge in [0, 0.05) is 11.8 Å². The molecule has 0 bridgehead atoms. The smallest absolute Gasteiger partial charge is 0.160 e. The first kappa shape index (κ1) is 12.3. The zero-order chi connectivity index (χ0) is 13.1. The van der Waals surface area contributed by atoms with Crippen molar-refractivity contribution in [1.82, 2.24) is 9.97 Å². The second-order valence-corrected chi connectivity index (χ2v) is 3.84. The van der Waals surface area contributed by atoms with E-state index in [0.29, 0.717) is 17.2 Å². The van der Waals surface area contributed by atoms with Gasteiger partial charge in [0.1, 0.15) is 16.5 Å². The van der Waals surface area contributed by atoms with Crippen molar-refractivity contribution >= 4 is 28.7 Å². The normalized spacial score (nSPS) is 10.1. The van der Waals surface area contributed by atoms with Crippen molar-refractivity contribution < 1.29 is 8.78 Å². The lowest BCUT2D eigenvalue weighted by Gasteiger charge is -2.05. The molecule has 0 aliphatic rings. The molecule has 0 saturated carbocycles. The molecule has 0 unspecified atom stereocenters. The molecule has 0 aliphatic heterocycles. The monoisotopic (exact) mass is 266 g/mol. The molecular formula is C11H8F2N4S. The molecule has 18 heavy (non-hydrogen) atoms. The molecule has 2 rings (SSSR count). The molecule has 2 aromatic rings. The molecule has 4 nitrogen and oxygen atoms in total. The lowest BCUT2D eigenvalue weighted by atomic mass is 10.3. The Morgan fingerprint density at radius 3 is 2.50 bits per heavy atom. The van der Waals surface area contributed by atoms with E-state index in [1.807, 2.05) is 0 Å². The van der Waals surface area contributed by atoms with Gasteiger partial charge in [0.15, 0.2) is 11.6 Å². The number of thiocarbonyl (C=S) groups is 1. The quantitative estimate of drug-likeness (QED) is 0.833. The number of rotatable bonds is 3.